The van der Waals surface area contributed by atoms with Gasteiger partial charge in [0.05, 0.1) is 33.8 Å². The molecule has 4 aromatic heterocycles. The zero-order valence-electron chi connectivity index (χ0n) is 29.6. The summed E-state index contributed by atoms with van der Waals surface area (Å²) in [6, 6.07) is 14.7. The first kappa shape index (κ1) is 36.9. The number of halogens is 2. The van der Waals surface area contributed by atoms with Crippen molar-refractivity contribution in [1.29, 1.82) is 0 Å². The van der Waals surface area contributed by atoms with Gasteiger partial charge in [0.15, 0.2) is 10.1 Å². The third-order valence-corrected chi connectivity index (χ3v) is 10.9. The number of amides is 2. The van der Waals surface area contributed by atoms with E-state index < -0.39 is 0 Å². The second-order valence-corrected chi connectivity index (χ2v) is 15.2. The third-order valence-electron chi connectivity index (χ3n) is 8.41. The van der Waals surface area contributed by atoms with Crippen LogP contribution >= 0.6 is 45.9 Å². The van der Waals surface area contributed by atoms with Gasteiger partial charge in [0.1, 0.15) is 44.8 Å². The van der Waals surface area contributed by atoms with Crippen molar-refractivity contribution in [2.45, 2.75) is 27.7 Å². The summed E-state index contributed by atoms with van der Waals surface area (Å²) >= 11 is 15.0. The number of hydrogen-bond acceptors (Lipinski definition) is 14. The maximum absolute atomic E-state index is 12.9. The first-order chi connectivity index (χ1) is 26.0. The van der Waals surface area contributed by atoms with Crippen LogP contribution in [0.4, 0.5) is 44.8 Å². The van der Waals surface area contributed by atoms with Gasteiger partial charge in [-0.1, -0.05) is 70.1 Å². The highest BCUT2D eigenvalue weighted by atomic mass is 35.5. The highest BCUT2D eigenvalue weighted by Crippen LogP contribution is 2.31. The fourth-order valence-corrected chi connectivity index (χ4v) is 7.73. The Hall–Kier alpha value is -5.42. The van der Waals surface area contributed by atoms with Gasteiger partial charge in [-0.15, -0.1) is 0 Å². The molecule has 1 aliphatic rings. The van der Waals surface area contributed by atoms with Crippen LogP contribution in [0, 0.1) is 27.7 Å². The van der Waals surface area contributed by atoms with Gasteiger partial charge < -0.3 is 31.1 Å². The number of nitrogens with zero attached hydrogens (tertiary/aromatic N) is 8. The van der Waals surface area contributed by atoms with Crippen molar-refractivity contribution in [2.75, 3.05) is 57.2 Å². The summed E-state index contributed by atoms with van der Waals surface area (Å²) in [7, 11) is 0. The molecule has 7 rings (SSSR count). The van der Waals surface area contributed by atoms with E-state index in [0.29, 0.717) is 90.9 Å². The first-order valence-corrected chi connectivity index (χ1v) is 19.2. The van der Waals surface area contributed by atoms with Crippen molar-refractivity contribution < 1.29 is 9.59 Å². The lowest BCUT2D eigenvalue weighted by molar-refractivity contribution is 0.102. The Labute approximate surface area is 329 Å². The van der Waals surface area contributed by atoms with Crippen LogP contribution in [-0.4, -0.2) is 67.9 Å². The minimum absolute atomic E-state index is 0.292. The molecule has 0 radical (unpaired) electrons. The van der Waals surface area contributed by atoms with Gasteiger partial charge >= 0.3 is 0 Å². The molecule has 18 heteroatoms. The lowest BCUT2D eigenvalue weighted by Gasteiger charge is -2.36. The third kappa shape index (κ3) is 8.52. The van der Waals surface area contributed by atoms with Crippen molar-refractivity contribution in [3.05, 3.63) is 104 Å². The van der Waals surface area contributed by atoms with Gasteiger partial charge in [-0.25, -0.2) is 29.9 Å². The maximum atomic E-state index is 12.9. The molecule has 14 nitrogen and oxygen atoms in total. The molecule has 0 saturated carbocycles. The monoisotopic (exact) mass is 800 g/mol. The van der Waals surface area contributed by atoms with Crippen LogP contribution in [0.25, 0.3) is 0 Å². The number of carbonyl (C=O) groups is 2. The number of nitrogens with one attached hydrogen (secondary N) is 4. The molecule has 4 N–H and O–H groups in total. The van der Waals surface area contributed by atoms with E-state index in [1.807, 2.05) is 64.1 Å². The molecular formula is C36H34Cl2N12O2S2. The second kappa shape index (κ2) is 15.9. The molecule has 0 unspecified atom stereocenters. The van der Waals surface area contributed by atoms with E-state index in [0.717, 1.165) is 22.8 Å². The van der Waals surface area contributed by atoms with Crippen LogP contribution in [0.1, 0.15) is 42.2 Å². The molecular weight excluding hydrogens is 768 g/mol. The summed E-state index contributed by atoms with van der Waals surface area (Å²) in [5, 5.41) is 14.7. The van der Waals surface area contributed by atoms with Crippen LogP contribution in [-0.2, 0) is 0 Å². The number of carbonyl (C=O) groups excluding carboxylic acids is 2. The van der Waals surface area contributed by atoms with Gasteiger partial charge in [0, 0.05) is 38.3 Å². The Morgan fingerprint density at radius 3 is 1.76 bits per heavy atom. The minimum atomic E-state index is -0.342. The number of thiazole rings is 2. The van der Waals surface area contributed by atoms with Gasteiger partial charge in [-0.05, 0) is 51.0 Å². The molecule has 0 bridgehead atoms. The molecule has 1 saturated heterocycles. The van der Waals surface area contributed by atoms with Crippen molar-refractivity contribution >= 4 is 102 Å². The zero-order chi connectivity index (χ0) is 37.9. The molecule has 276 valence electrons. The highest BCUT2D eigenvalue weighted by Gasteiger charge is 2.22. The van der Waals surface area contributed by atoms with E-state index in [1.54, 1.807) is 18.3 Å². The van der Waals surface area contributed by atoms with E-state index >= 15 is 0 Å². The summed E-state index contributed by atoms with van der Waals surface area (Å²) in [5.41, 5.74) is 2.87. The van der Waals surface area contributed by atoms with Crippen LogP contribution < -0.4 is 31.1 Å². The van der Waals surface area contributed by atoms with Crippen LogP contribution in [0.15, 0.2) is 60.9 Å². The maximum Gasteiger partial charge on any atom is 0.284 e. The molecule has 1 aliphatic heterocycles. The molecule has 5 heterocycles. The van der Waals surface area contributed by atoms with E-state index in [9.17, 15) is 9.59 Å². The predicted molar refractivity (Wildman–Crippen MR) is 217 cm³/mol. The number of para-hydroxylation sites is 2. The number of benzene rings is 2. The number of hydrogen-bond donors (Lipinski definition) is 4. The largest absolute Gasteiger partial charge is 0.353 e. The number of rotatable bonds is 10. The van der Waals surface area contributed by atoms with Crippen LogP contribution in [0.5, 0.6) is 0 Å². The fraction of sp³-hybridized carbons (Fsp3) is 0.222. The molecule has 2 amide bonds. The van der Waals surface area contributed by atoms with Crippen molar-refractivity contribution in [3.8, 4) is 0 Å². The van der Waals surface area contributed by atoms with Gasteiger partial charge in [0.25, 0.3) is 11.8 Å². The summed E-state index contributed by atoms with van der Waals surface area (Å²) in [6.07, 6.45) is 3.13. The molecule has 1 fully saturated rings. The predicted octanol–water partition coefficient (Wildman–Crippen LogP) is 8.04. The average molecular weight is 802 g/mol. The number of anilines is 8. The number of aromatic nitrogens is 6. The zero-order valence-corrected chi connectivity index (χ0v) is 32.7. The molecule has 2 aromatic carbocycles. The summed E-state index contributed by atoms with van der Waals surface area (Å²) in [4.78, 5) is 57.9. The topological polar surface area (TPSA) is 166 Å². The van der Waals surface area contributed by atoms with Gasteiger partial charge in [-0.3, -0.25) is 9.59 Å². The molecule has 0 aliphatic carbocycles. The SMILES string of the molecule is Cc1nc(Nc2cnc(C(=O)Nc3c(C)cccc3Cl)s2)cc(N2CCN(c3cc(Nc4ncc(C(=O)Nc5c(C)cccc5Cl)s4)nc(C)n3)CC2)n1. The molecule has 54 heavy (non-hydrogen) atoms. The normalized spacial score (nSPS) is 12.8. The Morgan fingerprint density at radius 1 is 0.667 bits per heavy atom. The van der Waals surface area contributed by atoms with E-state index in [4.69, 9.17) is 33.2 Å². The van der Waals surface area contributed by atoms with Crippen molar-refractivity contribution in [1.82, 2.24) is 29.9 Å². The Kier molecular flexibility index (Phi) is 10.9. The quantitative estimate of drug-likeness (QED) is 0.106. The van der Waals surface area contributed by atoms with Crippen LogP contribution in [0.2, 0.25) is 10.0 Å². The van der Waals surface area contributed by atoms with E-state index in [-0.39, 0.29) is 11.8 Å². The standard InChI is InChI=1S/C36H34Cl2N12O2S2/c1-19-7-5-9-23(37)31(19)47-33(51)25-17-40-36(53-25)46-27-16-29(44-22(4)42-27)50-13-11-49(12-14-50)28-15-26(41-21(3)43-28)45-30-18-39-35(54-30)34(52)48-32-20(2)8-6-10-24(32)38/h5-10,15-18H,11-14H2,1-4H3,(H,47,51)(H,48,52)(H,41,43,45)(H,40,42,44,46). The fourth-order valence-electron chi connectivity index (χ4n) is 5.75. The minimum Gasteiger partial charge on any atom is -0.353 e. The summed E-state index contributed by atoms with van der Waals surface area (Å²) in [6.45, 7) is 10.2. The first-order valence-electron chi connectivity index (χ1n) is 16.8. The van der Waals surface area contributed by atoms with Crippen molar-refractivity contribution in [3.63, 3.8) is 0 Å². The van der Waals surface area contributed by atoms with E-state index in [1.165, 1.54) is 28.9 Å². The molecule has 6 aromatic rings. The summed E-state index contributed by atoms with van der Waals surface area (Å²) in [5.74, 6) is 3.32. The molecule has 0 spiro atoms. The lowest BCUT2D eigenvalue weighted by Crippen LogP contribution is -2.47. The van der Waals surface area contributed by atoms with Crippen molar-refractivity contribution in [2.24, 2.45) is 0 Å². The Balaban J connectivity index is 0.964. The van der Waals surface area contributed by atoms with Crippen LogP contribution in [0.3, 0.4) is 0 Å². The lowest BCUT2D eigenvalue weighted by atomic mass is 10.2. The second-order valence-electron chi connectivity index (χ2n) is 12.4. The highest BCUT2D eigenvalue weighted by molar-refractivity contribution is 7.18. The summed E-state index contributed by atoms with van der Waals surface area (Å²) < 4.78 is 0. The molecule has 0 atom stereocenters. The number of aryl methyl sites for hydroxylation is 4. The van der Waals surface area contributed by atoms with E-state index in [2.05, 4.69) is 51.0 Å². The Bertz CT molecular complexity index is 2160. The smallest absolute Gasteiger partial charge is 0.284 e. The Morgan fingerprint density at radius 2 is 1.20 bits per heavy atom. The van der Waals surface area contributed by atoms with Gasteiger partial charge in [-0.2, -0.15) is 0 Å². The number of piperazine rings is 1. The average Bonchev–Trinajstić information content (AvgIpc) is 3.81. The van der Waals surface area contributed by atoms with Gasteiger partial charge in [0.2, 0.25) is 0 Å².